The molecular formula is C16H31N3S. The largest absolute Gasteiger partial charge is 0.307 e. The molecule has 1 aromatic rings. The highest BCUT2D eigenvalue weighted by Crippen LogP contribution is 2.23. The van der Waals surface area contributed by atoms with Crippen molar-refractivity contribution in [3.8, 4) is 0 Å². The second kappa shape index (κ2) is 8.11. The van der Waals surface area contributed by atoms with E-state index in [0.717, 1.165) is 17.5 Å². The number of nitrogens with one attached hydrogen (secondary N) is 1. The van der Waals surface area contributed by atoms with Gasteiger partial charge in [-0.1, -0.05) is 26.7 Å². The van der Waals surface area contributed by atoms with E-state index in [2.05, 4.69) is 63.9 Å². The van der Waals surface area contributed by atoms with Crippen molar-refractivity contribution in [2.24, 2.45) is 5.92 Å². The van der Waals surface area contributed by atoms with Gasteiger partial charge < -0.3 is 10.2 Å². The normalized spacial score (nSPS) is 15.1. The summed E-state index contributed by atoms with van der Waals surface area (Å²) in [6.07, 6.45) is 2.48. The minimum Gasteiger partial charge on any atom is -0.307 e. The molecule has 2 unspecified atom stereocenters. The molecule has 0 saturated heterocycles. The van der Waals surface area contributed by atoms with E-state index in [1.54, 1.807) is 11.3 Å². The van der Waals surface area contributed by atoms with E-state index in [-0.39, 0.29) is 0 Å². The fraction of sp³-hybridized carbons (Fsp3) is 0.812. The molecule has 3 nitrogen and oxygen atoms in total. The Bertz CT molecular complexity index is 396. The lowest BCUT2D eigenvalue weighted by molar-refractivity contribution is 0.190. The van der Waals surface area contributed by atoms with E-state index < -0.39 is 0 Å². The highest BCUT2D eigenvalue weighted by molar-refractivity contribution is 7.11. The Morgan fingerprint density at radius 2 is 1.80 bits per heavy atom. The maximum Gasteiger partial charge on any atom is 0.0900 e. The van der Waals surface area contributed by atoms with Gasteiger partial charge in [-0.25, -0.2) is 4.98 Å². The first-order valence-electron chi connectivity index (χ1n) is 7.74. The lowest BCUT2D eigenvalue weighted by atomic mass is 9.93. The predicted molar refractivity (Wildman–Crippen MR) is 89.6 cm³/mol. The second-order valence-electron chi connectivity index (χ2n) is 5.91. The van der Waals surface area contributed by atoms with Crippen molar-refractivity contribution >= 4 is 11.3 Å². The molecular weight excluding hydrogens is 266 g/mol. The molecule has 0 spiro atoms. The maximum atomic E-state index is 4.66. The molecule has 0 bridgehead atoms. The van der Waals surface area contributed by atoms with Crippen molar-refractivity contribution in [2.75, 3.05) is 20.6 Å². The summed E-state index contributed by atoms with van der Waals surface area (Å²) in [5.41, 5.74) is 1.22. The van der Waals surface area contributed by atoms with Crippen LogP contribution < -0.4 is 5.32 Å². The van der Waals surface area contributed by atoms with Crippen LogP contribution in [-0.2, 0) is 0 Å². The highest BCUT2D eigenvalue weighted by atomic mass is 32.1. The molecule has 0 aliphatic rings. The molecule has 1 heterocycles. The number of likely N-dealkylation sites (N-methyl/N-ethyl adjacent to an activating group) is 1. The van der Waals surface area contributed by atoms with Gasteiger partial charge in [-0.05, 0) is 40.8 Å². The molecule has 1 rings (SSSR count). The molecule has 0 amide bonds. The van der Waals surface area contributed by atoms with E-state index in [1.807, 2.05) is 0 Å². The van der Waals surface area contributed by atoms with Gasteiger partial charge in [-0.2, -0.15) is 0 Å². The van der Waals surface area contributed by atoms with Crippen molar-refractivity contribution in [1.29, 1.82) is 0 Å². The Kier molecular flexibility index (Phi) is 7.13. The van der Waals surface area contributed by atoms with E-state index >= 15 is 0 Å². The van der Waals surface area contributed by atoms with Gasteiger partial charge in [0.15, 0.2) is 0 Å². The Balaban J connectivity index is 2.65. The maximum absolute atomic E-state index is 4.66. The molecule has 0 fully saturated rings. The molecule has 0 aromatic carbocycles. The third kappa shape index (κ3) is 4.54. The number of nitrogens with zero attached hydrogens (tertiary/aromatic N) is 2. The molecule has 20 heavy (non-hydrogen) atoms. The average molecular weight is 298 g/mol. The van der Waals surface area contributed by atoms with Gasteiger partial charge in [-0.15, -0.1) is 11.3 Å². The monoisotopic (exact) mass is 297 g/mol. The van der Waals surface area contributed by atoms with Crippen LogP contribution in [0.4, 0.5) is 0 Å². The topological polar surface area (TPSA) is 28.2 Å². The Hall–Kier alpha value is -0.450. The Morgan fingerprint density at radius 3 is 2.20 bits per heavy atom. The van der Waals surface area contributed by atoms with Crippen LogP contribution >= 0.6 is 11.3 Å². The summed E-state index contributed by atoms with van der Waals surface area (Å²) in [7, 11) is 4.38. The van der Waals surface area contributed by atoms with Crippen LogP contribution in [0.1, 0.15) is 55.2 Å². The van der Waals surface area contributed by atoms with Crippen molar-refractivity contribution in [2.45, 2.75) is 59.5 Å². The summed E-state index contributed by atoms with van der Waals surface area (Å²) in [4.78, 5) is 8.36. The van der Waals surface area contributed by atoms with Gasteiger partial charge in [0.05, 0.1) is 10.7 Å². The molecule has 1 N–H and O–H groups in total. The number of rotatable bonds is 8. The molecule has 116 valence electrons. The minimum atomic E-state index is 0.330. The fourth-order valence-corrected chi connectivity index (χ4v) is 3.86. The van der Waals surface area contributed by atoms with Gasteiger partial charge in [-0.3, -0.25) is 0 Å². The molecule has 0 aliphatic heterocycles. The Morgan fingerprint density at radius 1 is 1.20 bits per heavy atom. The number of thiazole rings is 1. The van der Waals surface area contributed by atoms with Crippen molar-refractivity contribution < 1.29 is 0 Å². The molecule has 0 radical (unpaired) electrons. The third-order valence-electron chi connectivity index (χ3n) is 4.24. The van der Waals surface area contributed by atoms with Crippen molar-refractivity contribution in [1.82, 2.24) is 15.2 Å². The van der Waals surface area contributed by atoms with Gasteiger partial charge in [0.1, 0.15) is 0 Å². The molecule has 4 heteroatoms. The molecule has 2 atom stereocenters. The summed E-state index contributed by atoms with van der Waals surface area (Å²) in [6.45, 7) is 12.1. The number of aromatic nitrogens is 1. The van der Waals surface area contributed by atoms with Crippen LogP contribution in [0.3, 0.4) is 0 Å². The number of hydrogen-bond donors (Lipinski definition) is 1. The summed E-state index contributed by atoms with van der Waals surface area (Å²) in [5.74, 6) is 0.753. The molecule has 0 saturated carbocycles. The summed E-state index contributed by atoms with van der Waals surface area (Å²) < 4.78 is 0. The first kappa shape index (κ1) is 17.6. The first-order valence-corrected chi connectivity index (χ1v) is 8.56. The summed E-state index contributed by atoms with van der Waals surface area (Å²) in [6, 6.07) is 0.921. The van der Waals surface area contributed by atoms with Gasteiger partial charge in [0.2, 0.25) is 0 Å². The van der Waals surface area contributed by atoms with Crippen LogP contribution in [0, 0.1) is 19.8 Å². The summed E-state index contributed by atoms with van der Waals surface area (Å²) in [5, 5.41) is 4.85. The zero-order valence-corrected chi connectivity index (χ0v) is 15.0. The standard InChI is InChI=1S/C16H31N3S/c1-8-14(9-2)15(19(6)7)10-17-11(3)16-12(4)20-13(5)18-16/h11,14-15,17H,8-10H2,1-7H3. The van der Waals surface area contributed by atoms with E-state index in [9.17, 15) is 0 Å². The van der Waals surface area contributed by atoms with Gasteiger partial charge in [0.25, 0.3) is 0 Å². The highest BCUT2D eigenvalue weighted by Gasteiger charge is 2.22. The van der Waals surface area contributed by atoms with Gasteiger partial charge >= 0.3 is 0 Å². The fourth-order valence-electron chi connectivity index (χ4n) is 2.94. The quantitative estimate of drug-likeness (QED) is 0.791. The molecule has 1 aromatic heterocycles. The number of aryl methyl sites for hydroxylation is 2. The van der Waals surface area contributed by atoms with Gasteiger partial charge in [0, 0.05) is 23.5 Å². The Labute approximate surface area is 128 Å². The van der Waals surface area contributed by atoms with Crippen LogP contribution in [0.25, 0.3) is 0 Å². The third-order valence-corrected chi connectivity index (χ3v) is 5.14. The zero-order valence-electron chi connectivity index (χ0n) is 14.2. The first-order chi connectivity index (χ1) is 9.40. The lowest BCUT2D eigenvalue weighted by Gasteiger charge is -2.32. The van der Waals surface area contributed by atoms with E-state index in [1.165, 1.54) is 23.4 Å². The SMILES string of the molecule is CCC(CC)C(CNC(C)c1nc(C)sc1C)N(C)C. The molecule has 0 aliphatic carbocycles. The van der Waals surface area contributed by atoms with E-state index in [0.29, 0.717) is 12.1 Å². The second-order valence-corrected chi connectivity index (χ2v) is 7.32. The van der Waals surface area contributed by atoms with E-state index in [4.69, 9.17) is 0 Å². The van der Waals surface area contributed by atoms with Crippen LogP contribution in [0.15, 0.2) is 0 Å². The smallest absolute Gasteiger partial charge is 0.0900 e. The average Bonchev–Trinajstić information content (AvgIpc) is 2.72. The van der Waals surface area contributed by atoms with Crippen LogP contribution in [-0.4, -0.2) is 36.6 Å². The van der Waals surface area contributed by atoms with Crippen molar-refractivity contribution in [3.63, 3.8) is 0 Å². The minimum absolute atomic E-state index is 0.330. The van der Waals surface area contributed by atoms with Crippen molar-refractivity contribution in [3.05, 3.63) is 15.6 Å². The zero-order chi connectivity index (χ0) is 15.3. The predicted octanol–water partition coefficient (Wildman–Crippen LogP) is 3.78. The lowest BCUT2D eigenvalue weighted by Crippen LogP contribution is -2.43. The van der Waals surface area contributed by atoms with Crippen LogP contribution in [0.2, 0.25) is 0 Å². The number of hydrogen-bond acceptors (Lipinski definition) is 4. The summed E-state index contributed by atoms with van der Waals surface area (Å²) >= 11 is 1.79. The van der Waals surface area contributed by atoms with Crippen LogP contribution in [0.5, 0.6) is 0 Å².